The van der Waals surface area contributed by atoms with Gasteiger partial charge in [-0.25, -0.2) is 14.4 Å². The molecule has 0 aromatic carbocycles. The summed E-state index contributed by atoms with van der Waals surface area (Å²) in [6.45, 7) is 1.62. The van der Waals surface area contributed by atoms with Gasteiger partial charge in [0.2, 0.25) is 5.88 Å². The molecule has 2 aromatic heterocycles. The molecule has 0 N–H and O–H groups in total. The standard InChI is InChI=1S/C14H14ClFN4O2S/c1-20-11-7-9(17-13(19-11)23-2)8(16)10(15)18-12(7)22-4-3-14(20)5-21-6-14/h3-6H2,1-2H3. The number of pyridine rings is 1. The molecule has 0 radical (unpaired) electrons. The van der Waals surface area contributed by atoms with E-state index in [2.05, 4.69) is 15.0 Å². The van der Waals surface area contributed by atoms with Crippen LogP contribution >= 0.6 is 23.4 Å². The van der Waals surface area contributed by atoms with Gasteiger partial charge in [0.1, 0.15) is 16.7 Å². The molecular weight excluding hydrogens is 343 g/mol. The Labute approximate surface area is 141 Å². The Hall–Kier alpha value is -1.38. The minimum absolute atomic E-state index is 0.137. The highest BCUT2D eigenvalue weighted by Gasteiger charge is 2.45. The maximum Gasteiger partial charge on any atom is 0.228 e. The first-order chi connectivity index (χ1) is 11.1. The summed E-state index contributed by atoms with van der Waals surface area (Å²) in [6.07, 6.45) is 2.61. The molecule has 0 bridgehead atoms. The van der Waals surface area contributed by atoms with Gasteiger partial charge in [-0.05, 0) is 6.26 Å². The lowest BCUT2D eigenvalue weighted by molar-refractivity contribution is -0.0646. The zero-order valence-electron chi connectivity index (χ0n) is 12.6. The summed E-state index contributed by atoms with van der Waals surface area (Å²) in [6, 6.07) is 0. The molecule has 122 valence electrons. The van der Waals surface area contributed by atoms with E-state index in [0.717, 1.165) is 6.42 Å². The van der Waals surface area contributed by atoms with Gasteiger partial charge >= 0.3 is 0 Å². The van der Waals surface area contributed by atoms with Crippen LogP contribution in [0.3, 0.4) is 0 Å². The predicted octanol–water partition coefficient (Wildman–Crippen LogP) is 2.53. The maximum absolute atomic E-state index is 14.5. The second-order valence-corrected chi connectivity index (χ2v) is 6.79. The lowest BCUT2D eigenvalue weighted by Gasteiger charge is -2.49. The quantitative estimate of drug-likeness (QED) is 0.442. The third-order valence-corrected chi connectivity index (χ3v) is 5.23. The van der Waals surface area contributed by atoms with Gasteiger partial charge in [0.15, 0.2) is 16.1 Å². The van der Waals surface area contributed by atoms with Crippen molar-refractivity contribution in [3.05, 3.63) is 11.0 Å². The van der Waals surface area contributed by atoms with E-state index in [1.54, 1.807) is 0 Å². The van der Waals surface area contributed by atoms with E-state index in [1.165, 1.54) is 11.8 Å². The Balaban J connectivity index is 2.05. The third-order valence-electron chi connectivity index (χ3n) is 4.43. The van der Waals surface area contributed by atoms with E-state index in [1.807, 2.05) is 18.2 Å². The second kappa shape index (κ2) is 5.32. The van der Waals surface area contributed by atoms with Gasteiger partial charge in [0.25, 0.3) is 0 Å². The molecule has 4 rings (SSSR count). The average Bonchev–Trinajstić information content (AvgIpc) is 2.51. The summed E-state index contributed by atoms with van der Waals surface area (Å²) >= 11 is 7.25. The molecule has 2 aliphatic rings. The fraction of sp³-hybridized carbons (Fsp3) is 0.500. The molecule has 6 nitrogen and oxygen atoms in total. The fourth-order valence-corrected chi connectivity index (χ4v) is 3.45. The minimum atomic E-state index is -0.652. The van der Waals surface area contributed by atoms with Gasteiger partial charge in [-0.3, -0.25) is 0 Å². The largest absolute Gasteiger partial charge is 0.477 e. The number of ether oxygens (including phenoxy) is 2. The highest BCUT2D eigenvalue weighted by molar-refractivity contribution is 7.98. The Morgan fingerprint density at radius 2 is 2.09 bits per heavy atom. The summed E-state index contributed by atoms with van der Waals surface area (Å²) in [5, 5.41) is 0.690. The third kappa shape index (κ3) is 2.15. The van der Waals surface area contributed by atoms with Gasteiger partial charge in [-0.15, -0.1) is 0 Å². The smallest absolute Gasteiger partial charge is 0.228 e. The van der Waals surface area contributed by atoms with Crippen LogP contribution in [0.1, 0.15) is 6.42 Å². The highest BCUT2D eigenvalue weighted by Crippen LogP contribution is 2.42. The molecule has 1 fully saturated rings. The number of hydrogen-bond donors (Lipinski definition) is 0. The number of halogens is 2. The predicted molar refractivity (Wildman–Crippen MR) is 86.1 cm³/mol. The molecule has 4 heterocycles. The van der Waals surface area contributed by atoms with Gasteiger partial charge < -0.3 is 14.4 Å². The van der Waals surface area contributed by atoms with E-state index in [4.69, 9.17) is 21.1 Å². The molecule has 0 unspecified atom stereocenters. The zero-order valence-corrected chi connectivity index (χ0v) is 14.2. The molecule has 23 heavy (non-hydrogen) atoms. The van der Waals surface area contributed by atoms with Crippen molar-refractivity contribution in [2.24, 2.45) is 0 Å². The average molecular weight is 357 g/mol. The number of hydrogen-bond acceptors (Lipinski definition) is 7. The summed E-state index contributed by atoms with van der Waals surface area (Å²) in [5.41, 5.74) is -0.0522. The topological polar surface area (TPSA) is 60.4 Å². The maximum atomic E-state index is 14.5. The number of anilines is 1. The van der Waals surface area contributed by atoms with Crippen molar-refractivity contribution in [3.63, 3.8) is 0 Å². The molecule has 9 heteroatoms. The molecule has 0 amide bonds. The molecule has 1 spiro atoms. The van der Waals surface area contributed by atoms with Crippen LogP contribution in [0.2, 0.25) is 5.15 Å². The van der Waals surface area contributed by atoms with E-state index in [-0.39, 0.29) is 22.1 Å². The van der Waals surface area contributed by atoms with Gasteiger partial charge in [0.05, 0.1) is 25.4 Å². The fourth-order valence-electron chi connectivity index (χ4n) is 2.92. The normalized spacial score (nSPS) is 19.2. The van der Waals surface area contributed by atoms with Crippen LogP contribution in [0.4, 0.5) is 10.2 Å². The van der Waals surface area contributed by atoms with Crippen LogP contribution in [-0.2, 0) is 4.74 Å². The van der Waals surface area contributed by atoms with Crippen molar-refractivity contribution < 1.29 is 13.9 Å². The molecule has 1 saturated heterocycles. The first-order valence-corrected chi connectivity index (χ1v) is 8.71. The van der Waals surface area contributed by atoms with Gasteiger partial charge in [0, 0.05) is 13.5 Å². The van der Waals surface area contributed by atoms with Crippen molar-refractivity contribution in [1.29, 1.82) is 0 Å². The number of likely N-dealkylation sites (N-methyl/N-ethyl adjacent to an activating group) is 1. The summed E-state index contributed by atoms with van der Waals surface area (Å²) < 4.78 is 25.7. The SMILES string of the molecule is CSc1nc2c3c(nc(Cl)c(F)c3n1)OCCC1(COC1)N2C. The summed E-state index contributed by atoms with van der Waals surface area (Å²) in [5.74, 6) is 0.220. The van der Waals surface area contributed by atoms with Crippen molar-refractivity contribution in [3.8, 4) is 5.88 Å². The van der Waals surface area contributed by atoms with E-state index >= 15 is 0 Å². The Morgan fingerprint density at radius 3 is 2.74 bits per heavy atom. The molecule has 0 saturated carbocycles. The van der Waals surface area contributed by atoms with Crippen LogP contribution in [0.15, 0.2) is 5.16 Å². The number of nitrogens with zero attached hydrogens (tertiary/aromatic N) is 4. The lowest BCUT2D eigenvalue weighted by atomic mass is 9.91. The lowest BCUT2D eigenvalue weighted by Crippen LogP contribution is -2.62. The first kappa shape index (κ1) is 15.2. The van der Waals surface area contributed by atoms with Crippen molar-refractivity contribution in [2.75, 3.05) is 38.0 Å². The number of rotatable bonds is 1. The Kier molecular flexibility index (Phi) is 3.51. The Bertz CT molecular complexity index is 802. The second-order valence-electron chi connectivity index (χ2n) is 5.65. The van der Waals surface area contributed by atoms with Crippen LogP contribution in [0, 0.1) is 5.82 Å². The molecule has 0 aliphatic carbocycles. The number of thioether (sulfide) groups is 1. The van der Waals surface area contributed by atoms with Crippen LogP contribution in [-0.4, -0.2) is 53.6 Å². The summed E-state index contributed by atoms with van der Waals surface area (Å²) in [4.78, 5) is 14.9. The van der Waals surface area contributed by atoms with Gasteiger partial charge in [-0.2, -0.15) is 4.98 Å². The Morgan fingerprint density at radius 1 is 1.30 bits per heavy atom. The van der Waals surface area contributed by atoms with E-state index in [9.17, 15) is 4.39 Å². The van der Waals surface area contributed by atoms with Crippen molar-refractivity contribution in [2.45, 2.75) is 17.1 Å². The molecular formula is C14H14ClFN4O2S. The number of aromatic nitrogens is 3. The van der Waals surface area contributed by atoms with E-state index < -0.39 is 5.82 Å². The zero-order chi connectivity index (χ0) is 16.2. The minimum Gasteiger partial charge on any atom is -0.477 e. The first-order valence-electron chi connectivity index (χ1n) is 7.11. The van der Waals surface area contributed by atoms with Crippen LogP contribution in [0.25, 0.3) is 10.9 Å². The van der Waals surface area contributed by atoms with E-state index in [0.29, 0.717) is 36.2 Å². The molecule has 2 aliphatic heterocycles. The highest BCUT2D eigenvalue weighted by atomic mass is 35.5. The van der Waals surface area contributed by atoms with Crippen molar-refractivity contribution in [1.82, 2.24) is 15.0 Å². The monoisotopic (exact) mass is 356 g/mol. The molecule has 0 atom stereocenters. The van der Waals surface area contributed by atoms with Crippen LogP contribution < -0.4 is 9.64 Å². The van der Waals surface area contributed by atoms with Crippen molar-refractivity contribution >= 4 is 40.1 Å². The van der Waals surface area contributed by atoms with Crippen LogP contribution in [0.5, 0.6) is 5.88 Å². The molecule has 2 aromatic rings. The van der Waals surface area contributed by atoms with Gasteiger partial charge in [-0.1, -0.05) is 23.4 Å². The summed E-state index contributed by atoms with van der Waals surface area (Å²) in [7, 11) is 1.94.